The molecule has 0 bridgehead atoms. The van der Waals surface area contributed by atoms with Crippen LogP contribution < -0.4 is 5.43 Å². The van der Waals surface area contributed by atoms with Crippen LogP contribution in [0.4, 0.5) is 5.69 Å². The molecule has 0 amide bonds. The van der Waals surface area contributed by atoms with E-state index < -0.39 is 22.0 Å². The van der Waals surface area contributed by atoms with E-state index in [1.807, 2.05) is 0 Å². The summed E-state index contributed by atoms with van der Waals surface area (Å²) in [5.41, 5.74) is -1.39. The summed E-state index contributed by atoms with van der Waals surface area (Å²) in [6.07, 6.45) is 3.56. The summed E-state index contributed by atoms with van der Waals surface area (Å²) in [6.45, 7) is -0.0473. The largest absolute Gasteiger partial charge is 0.478 e. The van der Waals surface area contributed by atoms with E-state index in [1.165, 1.54) is 23.1 Å². The van der Waals surface area contributed by atoms with Crippen LogP contribution in [0.5, 0.6) is 0 Å². The van der Waals surface area contributed by atoms with Crippen LogP contribution in [0.2, 0.25) is 0 Å². The summed E-state index contributed by atoms with van der Waals surface area (Å²) in [4.78, 5) is 32.4. The molecule has 8 nitrogen and oxygen atoms in total. The molecule has 1 N–H and O–H groups in total. The van der Waals surface area contributed by atoms with Crippen LogP contribution in [0.25, 0.3) is 0 Å². The zero-order valence-corrected chi connectivity index (χ0v) is 11.4. The van der Waals surface area contributed by atoms with Crippen molar-refractivity contribution >= 4 is 27.6 Å². The van der Waals surface area contributed by atoms with Crippen molar-refractivity contribution in [1.82, 2.24) is 4.57 Å². The number of hydrogen-bond donors (Lipinski definition) is 1. The number of hydrogen-bond acceptors (Lipinski definition) is 5. The number of carboxylic acids is 1. The lowest BCUT2D eigenvalue weighted by molar-refractivity contribution is -0.386. The molecule has 2 rings (SSSR count). The number of aromatic nitrogens is 1. The number of halogens is 1. The van der Waals surface area contributed by atoms with E-state index in [0.29, 0.717) is 0 Å². The maximum atomic E-state index is 11.5. The van der Waals surface area contributed by atoms with Crippen molar-refractivity contribution in [2.24, 2.45) is 0 Å². The molecule has 0 aliphatic heterocycles. The lowest BCUT2D eigenvalue weighted by Crippen LogP contribution is -2.14. The topological polar surface area (TPSA) is 116 Å². The Bertz CT molecular complexity index is 748. The standard InChI is InChI=1S/C11H7BrN2O6/c12-7-3-13(4-8(10(7)15)14(18)19)5-9-6(11(16)17)1-2-20-9/h1-4H,5H2,(H,16,17). The monoisotopic (exact) mass is 342 g/mol. The molecule has 0 fully saturated rings. The van der Waals surface area contributed by atoms with E-state index in [0.717, 1.165) is 6.20 Å². The van der Waals surface area contributed by atoms with Gasteiger partial charge in [-0.2, -0.15) is 0 Å². The Morgan fingerprint density at radius 1 is 1.50 bits per heavy atom. The first-order valence-electron chi connectivity index (χ1n) is 5.23. The normalized spacial score (nSPS) is 10.4. The van der Waals surface area contributed by atoms with Gasteiger partial charge in [0.05, 0.1) is 28.4 Å². The average molecular weight is 343 g/mol. The Kier molecular flexibility index (Phi) is 3.70. The molecule has 0 spiro atoms. The van der Waals surface area contributed by atoms with Crippen LogP contribution in [-0.4, -0.2) is 20.6 Å². The van der Waals surface area contributed by atoms with E-state index in [2.05, 4.69) is 15.9 Å². The Hall–Kier alpha value is -2.42. The van der Waals surface area contributed by atoms with Gasteiger partial charge in [0.2, 0.25) is 0 Å². The molecule has 0 atom stereocenters. The smallest absolute Gasteiger partial charge is 0.339 e. The third-order valence-electron chi connectivity index (χ3n) is 2.52. The minimum absolute atomic E-state index is 0.00938. The molecule has 0 aliphatic rings. The van der Waals surface area contributed by atoms with E-state index >= 15 is 0 Å². The first kappa shape index (κ1) is 14.0. The SMILES string of the molecule is O=C(O)c1ccoc1Cn1cc(Br)c(=O)c([N+](=O)[O-])c1. The lowest BCUT2D eigenvalue weighted by Gasteiger charge is -2.05. The van der Waals surface area contributed by atoms with Crippen LogP contribution in [0, 0.1) is 10.1 Å². The fourth-order valence-electron chi connectivity index (χ4n) is 1.62. The van der Waals surface area contributed by atoms with Crippen molar-refractivity contribution in [1.29, 1.82) is 0 Å². The van der Waals surface area contributed by atoms with E-state index in [-0.39, 0.29) is 22.3 Å². The average Bonchev–Trinajstić information content (AvgIpc) is 2.81. The fourth-order valence-corrected chi connectivity index (χ4v) is 2.09. The Labute approximate surface area is 119 Å². The van der Waals surface area contributed by atoms with Crippen molar-refractivity contribution in [3.63, 3.8) is 0 Å². The van der Waals surface area contributed by atoms with Gasteiger partial charge in [0.25, 0.3) is 5.43 Å². The zero-order chi connectivity index (χ0) is 14.9. The highest BCUT2D eigenvalue weighted by molar-refractivity contribution is 9.10. The molecule has 0 saturated carbocycles. The number of furan rings is 1. The summed E-state index contributed by atoms with van der Waals surface area (Å²) >= 11 is 2.93. The van der Waals surface area contributed by atoms with Gasteiger partial charge in [-0.05, 0) is 22.0 Å². The van der Waals surface area contributed by atoms with Gasteiger partial charge in [0.1, 0.15) is 11.3 Å². The third kappa shape index (κ3) is 2.62. The summed E-state index contributed by atoms with van der Waals surface area (Å²) in [6, 6.07) is 1.28. The highest BCUT2D eigenvalue weighted by Gasteiger charge is 2.18. The Morgan fingerprint density at radius 2 is 2.20 bits per heavy atom. The number of aromatic carboxylic acids is 1. The van der Waals surface area contributed by atoms with Gasteiger partial charge in [-0.15, -0.1) is 0 Å². The molecule has 0 aromatic carbocycles. The van der Waals surface area contributed by atoms with Crippen LogP contribution >= 0.6 is 15.9 Å². The number of carboxylic acid groups (broad SMARTS) is 1. The third-order valence-corrected chi connectivity index (χ3v) is 3.08. The summed E-state index contributed by atoms with van der Waals surface area (Å²) in [7, 11) is 0. The molecule has 2 aromatic heterocycles. The Morgan fingerprint density at radius 3 is 2.80 bits per heavy atom. The lowest BCUT2D eigenvalue weighted by atomic mass is 10.2. The number of pyridine rings is 1. The zero-order valence-electron chi connectivity index (χ0n) is 9.78. The summed E-state index contributed by atoms with van der Waals surface area (Å²) in [5, 5.41) is 19.7. The van der Waals surface area contributed by atoms with Crippen molar-refractivity contribution in [3.8, 4) is 0 Å². The number of nitrogens with zero attached hydrogens (tertiary/aromatic N) is 2. The van der Waals surface area contributed by atoms with Crippen molar-refractivity contribution in [3.05, 3.63) is 60.9 Å². The second kappa shape index (κ2) is 5.29. The predicted molar refractivity (Wildman–Crippen MR) is 69.8 cm³/mol. The minimum atomic E-state index is -1.16. The van der Waals surface area contributed by atoms with Gasteiger partial charge in [-0.1, -0.05) is 0 Å². The Balaban J connectivity index is 2.44. The molecular formula is C11H7BrN2O6. The van der Waals surface area contributed by atoms with E-state index in [4.69, 9.17) is 9.52 Å². The molecule has 20 heavy (non-hydrogen) atoms. The summed E-state index contributed by atoms with van der Waals surface area (Å²) in [5.74, 6) is -1.04. The second-order valence-electron chi connectivity index (χ2n) is 3.81. The highest BCUT2D eigenvalue weighted by Crippen LogP contribution is 2.16. The van der Waals surface area contributed by atoms with Gasteiger partial charge in [0, 0.05) is 6.20 Å². The second-order valence-corrected chi connectivity index (χ2v) is 4.67. The van der Waals surface area contributed by atoms with Crippen molar-refractivity contribution in [2.45, 2.75) is 6.54 Å². The van der Waals surface area contributed by atoms with Crippen LogP contribution in [-0.2, 0) is 6.54 Å². The van der Waals surface area contributed by atoms with Gasteiger partial charge in [-0.3, -0.25) is 14.9 Å². The molecule has 2 heterocycles. The first-order valence-corrected chi connectivity index (χ1v) is 6.03. The molecule has 104 valence electrons. The minimum Gasteiger partial charge on any atom is -0.478 e. The molecular weight excluding hydrogens is 336 g/mol. The highest BCUT2D eigenvalue weighted by atomic mass is 79.9. The van der Waals surface area contributed by atoms with Gasteiger partial charge in [0.15, 0.2) is 0 Å². The maximum Gasteiger partial charge on any atom is 0.339 e. The molecule has 0 aliphatic carbocycles. The molecule has 0 saturated heterocycles. The van der Waals surface area contributed by atoms with Crippen LogP contribution in [0.15, 0.2) is 38.4 Å². The van der Waals surface area contributed by atoms with Crippen molar-refractivity contribution in [2.75, 3.05) is 0 Å². The molecule has 9 heteroatoms. The van der Waals surface area contributed by atoms with Crippen molar-refractivity contribution < 1.29 is 19.2 Å². The van der Waals surface area contributed by atoms with Crippen LogP contribution in [0.1, 0.15) is 16.1 Å². The molecule has 0 unspecified atom stereocenters. The number of carbonyl (C=O) groups is 1. The maximum absolute atomic E-state index is 11.5. The number of nitro groups is 1. The number of rotatable bonds is 4. The fraction of sp³-hybridized carbons (Fsp3) is 0.0909. The molecule has 0 radical (unpaired) electrons. The van der Waals surface area contributed by atoms with Gasteiger partial charge < -0.3 is 14.1 Å². The predicted octanol–water partition coefficient (Wildman–Crippen LogP) is 1.86. The van der Waals surface area contributed by atoms with E-state index in [9.17, 15) is 19.7 Å². The molecule has 2 aromatic rings. The van der Waals surface area contributed by atoms with Crippen LogP contribution in [0.3, 0.4) is 0 Å². The van der Waals surface area contributed by atoms with Gasteiger partial charge in [-0.25, -0.2) is 4.79 Å². The first-order chi connectivity index (χ1) is 9.40. The van der Waals surface area contributed by atoms with Gasteiger partial charge >= 0.3 is 11.7 Å². The quantitative estimate of drug-likeness (QED) is 0.669. The summed E-state index contributed by atoms with van der Waals surface area (Å²) < 4.78 is 6.35. The van der Waals surface area contributed by atoms with E-state index in [1.54, 1.807) is 0 Å².